The van der Waals surface area contributed by atoms with E-state index in [0.717, 1.165) is 27.3 Å². The van der Waals surface area contributed by atoms with Crippen molar-refractivity contribution in [2.75, 3.05) is 6.61 Å². The molecule has 0 aliphatic heterocycles. The van der Waals surface area contributed by atoms with Crippen LogP contribution in [0.2, 0.25) is 25.7 Å². The third-order valence-electron chi connectivity index (χ3n) is 3.19. The normalized spacial score (nSPS) is 12.2. The molecule has 0 saturated carbocycles. The molecule has 2 aromatic rings. The Morgan fingerprint density at radius 1 is 1.30 bits per heavy atom. The second-order valence-electron chi connectivity index (χ2n) is 6.09. The molecule has 0 fully saturated rings. The SMILES string of the molecule is C[Si](C)(C)CCOCn1ncc2c(Br)ccc(CBr)c21. The first-order chi connectivity index (χ1) is 9.42. The number of nitrogens with zero attached hydrogens (tertiary/aromatic N) is 2. The molecule has 0 unspecified atom stereocenters. The number of halogens is 2. The van der Waals surface area contributed by atoms with Gasteiger partial charge in [-0.25, -0.2) is 4.68 Å². The van der Waals surface area contributed by atoms with Crippen molar-refractivity contribution in [1.82, 2.24) is 9.78 Å². The highest BCUT2D eigenvalue weighted by Gasteiger charge is 2.13. The molecule has 20 heavy (non-hydrogen) atoms. The number of fused-ring (bicyclic) bond motifs is 1. The standard InChI is InChI=1S/C14H20Br2N2OSi/c1-20(2,3)7-6-19-10-18-14-11(8-15)4-5-13(16)12(14)9-17-18/h4-5,9H,6-8,10H2,1-3H3. The highest BCUT2D eigenvalue weighted by atomic mass is 79.9. The summed E-state index contributed by atoms with van der Waals surface area (Å²) in [5.41, 5.74) is 2.37. The van der Waals surface area contributed by atoms with Crippen LogP contribution in [0.15, 0.2) is 22.8 Å². The summed E-state index contributed by atoms with van der Waals surface area (Å²) >= 11 is 7.12. The van der Waals surface area contributed by atoms with Gasteiger partial charge in [0.1, 0.15) is 6.73 Å². The quantitative estimate of drug-likeness (QED) is 0.374. The second-order valence-corrected chi connectivity index (χ2v) is 13.1. The van der Waals surface area contributed by atoms with Gasteiger partial charge in [-0.3, -0.25) is 0 Å². The topological polar surface area (TPSA) is 27.1 Å². The van der Waals surface area contributed by atoms with Crippen LogP contribution in [-0.2, 0) is 16.8 Å². The Morgan fingerprint density at radius 2 is 2.05 bits per heavy atom. The highest BCUT2D eigenvalue weighted by Crippen LogP contribution is 2.28. The van der Waals surface area contributed by atoms with Gasteiger partial charge in [0.05, 0.1) is 11.7 Å². The predicted molar refractivity (Wildman–Crippen MR) is 94.2 cm³/mol. The maximum absolute atomic E-state index is 5.81. The Balaban J connectivity index is 2.13. The minimum absolute atomic E-state index is 0.518. The summed E-state index contributed by atoms with van der Waals surface area (Å²) in [6.45, 7) is 8.41. The van der Waals surface area contributed by atoms with Crippen molar-refractivity contribution in [3.63, 3.8) is 0 Å². The Labute approximate surface area is 138 Å². The lowest BCUT2D eigenvalue weighted by Gasteiger charge is -2.15. The van der Waals surface area contributed by atoms with Crippen LogP contribution in [0, 0.1) is 0 Å². The van der Waals surface area contributed by atoms with Gasteiger partial charge in [-0.2, -0.15) is 5.10 Å². The lowest BCUT2D eigenvalue weighted by molar-refractivity contribution is 0.0816. The fourth-order valence-corrected chi connectivity index (χ4v) is 3.61. The average molecular weight is 420 g/mol. The van der Waals surface area contributed by atoms with Crippen LogP contribution < -0.4 is 0 Å². The Hall–Kier alpha value is -0.173. The monoisotopic (exact) mass is 418 g/mol. The first kappa shape index (κ1) is 16.2. The smallest absolute Gasteiger partial charge is 0.140 e. The molecular weight excluding hydrogens is 400 g/mol. The van der Waals surface area contributed by atoms with Gasteiger partial charge in [-0.15, -0.1) is 0 Å². The predicted octanol–water partition coefficient (Wildman–Crippen LogP) is 5.01. The Morgan fingerprint density at radius 3 is 2.70 bits per heavy atom. The van der Waals surface area contributed by atoms with Crippen LogP contribution in [0.4, 0.5) is 0 Å². The first-order valence-electron chi connectivity index (χ1n) is 6.69. The molecule has 0 saturated heterocycles. The van der Waals surface area contributed by atoms with Crippen LogP contribution in [0.3, 0.4) is 0 Å². The van der Waals surface area contributed by atoms with E-state index in [1.54, 1.807) is 0 Å². The van der Waals surface area contributed by atoms with Crippen LogP contribution in [0.5, 0.6) is 0 Å². The summed E-state index contributed by atoms with van der Waals surface area (Å²) in [6, 6.07) is 5.36. The molecule has 0 spiro atoms. The number of aromatic nitrogens is 2. The molecule has 0 bridgehead atoms. The van der Waals surface area contributed by atoms with Gasteiger partial charge in [0.2, 0.25) is 0 Å². The molecule has 0 aliphatic rings. The van der Waals surface area contributed by atoms with E-state index in [9.17, 15) is 0 Å². The van der Waals surface area contributed by atoms with Gasteiger partial charge in [0.25, 0.3) is 0 Å². The molecule has 110 valence electrons. The largest absolute Gasteiger partial charge is 0.360 e. The van der Waals surface area contributed by atoms with Crippen molar-refractivity contribution in [3.8, 4) is 0 Å². The van der Waals surface area contributed by atoms with Gasteiger partial charge < -0.3 is 4.74 Å². The highest BCUT2D eigenvalue weighted by molar-refractivity contribution is 9.10. The van der Waals surface area contributed by atoms with Gasteiger partial charge >= 0.3 is 0 Å². The van der Waals surface area contributed by atoms with E-state index in [-0.39, 0.29) is 0 Å². The van der Waals surface area contributed by atoms with E-state index in [0.29, 0.717) is 6.73 Å². The maximum atomic E-state index is 5.81. The molecule has 1 aromatic carbocycles. The van der Waals surface area contributed by atoms with Crippen molar-refractivity contribution < 1.29 is 4.74 Å². The van der Waals surface area contributed by atoms with Crippen molar-refractivity contribution in [3.05, 3.63) is 28.4 Å². The van der Waals surface area contributed by atoms with Crippen LogP contribution >= 0.6 is 31.9 Å². The minimum atomic E-state index is -1.03. The molecular formula is C14H20Br2N2OSi. The molecule has 1 heterocycles. The summed E-state index contributed by atoms with van der Waals surface area (Å²) in [5.74, 6) is 0. The first-order valence-corrected chi connectivity index (χ1v) is 12.3. The minimum Gasteiger partial charge on any atom is -0.360 e. The van der Waals surface area contributed by atoms with Gasteiger partial charge in [0, 0.05) is 29.9 Å². The Bertz CT molecular complexity index is 593. The van der Waals surface area contributed by atoms with Gasteiger partial charge in [0.15, 0.2) is 0 Å². The average Bonchev–Trinajstić information content (AvgIpc) is 2.79. The maximum Gasteiger partial charge on any atom is 0.140 e. The van der Waals surface area contributed by atoms with E-state index < -0.39 is 8.07 Å². The lowest BCUT2D eigenvalue weighted by Crippen LogP contribution is -2.22. The lowest BCUT2D eigenvalue weighted by atomic mass is 10.2. The molecule has 0 radical (unpaired) electrons. The van der Waals surface area contributed by atoms with Crippen LogP contribution in [-0.4, -0.2) is 24.5 Å². The number of alkyl halides is 1. The third-order valence-corrected chi connectivity index (χ3v) is 6.19. The molecule has 0 amide bonds. The van der Waals surface area contributed by atoms with Crippen molar-refractivity contribution >= 4 is 50.8 Å². The van der Waals surface area contributed by atoms with E-state index in [2.05, 4.69) is 68.7 Å². The number of hydrogen-bond acceptors (Lipinski definition) is 2. The summed E-state index contributed by atoms with van der Waals surface area (Å²) in [6.07, 6.45) is 1.90. The zero-order valence-electron chi connectivity index (χ0n) is 12.1. The Kier molecular flexibility index (Phi) is 5.45. The second kappa shape index (κ2) is 6.73. The van der Waals surface area contributed by atoms with Crippen LogP contribution in [0.1, 0.15) is 5.56 Å². The molecule has 0 aliphatic carbocycles. The van der Waals surface area contributed by atoms with Gasteiger partial charge in [-0.1, -0.05) is 57.6 Å². The van der Waals surface area contributed by atoms with Crippen molar-refractivity contribution in [1.29, 1.82) is 0 Å². The van der Waals surface area contributed by atoms with E-state index in [4.69, 9.17) is 4.74 Å². The van der Waals surface area contributed by atoms with E-state index in [1.807, 2.05) is 10.9 Å². The fourth-order valence-electron chi connectivity index (χ4n) is 1.98. The van der Waals surface area contributed by atoms with Crippen molar-refractivity contribution in [2.45, 2.75) is 37.7 Å². The molecule has 3 nitrogen and oxygen atoms in total. The molecule has 0 N–H and O–H groups in total. The zero-order valence-corrected chi connectivity index (χ0v) is 16.3. The van der Waals surface area contributed by atoms with E-state index in [1.165, 1.54) is 11.6 Å². The number of rotatable bonds is 6. The summed E-state index contributed by atoms with van der Waals surface area (Å²) in [4.78, 5) is 0. The molecule has 2 rings (SSSR count). The number of hydrogen-bond donors (Lipinski definition) is 0. The number of ether oxygens (including phenoxy) is 1. The van der Waals surface area contributed by atoms with E-state index >= 15 is 0 Å². The molecule has 0 atom stereocenters. The summed E-state index contributed by atoms with van der Waals surface area (Å²) in [7, 11) is -1.03. The van der Waals surface area contributed by atoms with Crippen LogP contribution in [0.25, 0.3) is 10.9 Å². The van der Waals surface area contributed by atoms with Gasteiger partial charge in [-0.05, 0) is 17.7 Å². The zero-order chi connectivity index (χ0) is 14.8. The van der Waals surface area contributed by atoms with Crippen molar-refractivity contribution in [2.24, 2.45) is 0 Å². The summed E-state index contributed by atoms with van der Waals surface area (Å²) in [5, 5.41) is 6.40. The summed E-state index contributed by atoms with van der Waals surface area (Å²) < 4.78 is 8.83. The number of benzene rings is 1. The fraction of sp³-hybridized carbons (Fsp3) is 0.500. The molecule has 6 heteroatoms. The molecule has 1 aromatic heterocycles. The third kappa shape index (κ3) is 3.93.